The molecule has 33 heavy (non-hydrogen) atoms. The Labute approximate surface area is 199 Å². The molecule has 4 fully saturated rings. The lowest BCUT2D eigenvalue weighted by atomic mass is 9.49. The van der Waals surface area contributed by atoms with Gasteiger partial charge in [-0.2, -0.15) is 0 Å². The molecule has 0 aliphatic heterocycles. The zero-order valence-electron chi connectivity index (χ0n) is 20.5. The Morgan fingerprint density at radius 2 is 1.82 bits per heavy atom. The lowest BCUT2D eigenvalue weighted by Crippen LogP contribution is -2.50. The Morgan fingerprint density at radius 3 is 2.61 bits per heavy atom. The highest BCUT2D eigenvalue weighted by atomic mass is 19.1. The summed E-state index contributed by atoms with van der Waals surface area (Å²) in [4.78, 5) is 13.3. The second-order valence-corrected chi connectivity index (χ2v) is 11.8. The third kappa shape index (κ3) is 4.49. The zero-order chi connectivity index (χ0) is 23.0. The van der Waals surface area contributed by atoms with Crippen LogP contribution in [0.15, 0.2) is 24.3 Å². The summed E-state index contributed by atoms with van der Waals surface area (Å²) in [6.07, 6.45) is 11.7. The van der Waals surface area contributed by atoms with Crippen LogP contribution in [0.3, 0.4) is 0 Å². The van der Waals surface area contributed by atoms with Crippen molar-refractivity contribution in [1.82, 2.24) is 5.32 Å². The first-order valence-corrected chi connectivity index (χ1v) is 13.6. The van der Waals surface area contributed by atoms with Gasteiger partial charge in [-0.1, -0.05) is 19.1 Å². The maximum atomic E-state index is 13.3. The zero-order valence-corrected chi connectivity index (χ0v) is 20.5. The van der Waals surface area contributed by atoms with Gasteiger partial charge in [0, 0.05) is 25.7 Å². The summed E-state index contributed by atoms with van der Waals surface area (Å²) >= 11 is 0. The van der Waals surface area contributed by atoms with Crippen molar-refractivity contribution in [2.75, 3.05) is 13.2 Å². The lowest BCUT2D eigenvalue weighted by Gasteiger charge is -2.56. The highest BCUT2D eigenvalue weighted by Crippen LogP contribution is 2.64. The summed E-state index contributed by atoms with van der Waals surface area (Å²) in [7, 11) is 0. The van der Waals surface area contributed by atoms with Gasteiger partial charge in [0.25, 0.3) is 0 Å². The van der Waals surface area contributed by atoms with E-state index in [0.717, 1.165) is 54.8 Å². The van der Waals surface area contributed by atoms with Crippen LogP contribution >= 0.6 is 0 Å². The number of nitrogens with one attached hydrogen (secondary N) is 1. The average Bonchev–Trinajstić information content (AvgIpc) is 3.19. The van der Waals surface area contributed by atoms with E-state index in [1.807, 2.05) is 0 Å². The number of ether oxygens (including phenoxy) is 1. The van der Waals surface area contributed by atoms with Crippen LogP contribution < -0.4 is 5.32 Å². The second-order valence-electron chi connectivity index (χ2n) is 11.8. The van der Waals surface area contributed by atoms with E-state index in [9.17, 15) is 9.18 Å². The van der Waals surface area contributed by atoms with Gasteiger partial charge in [0.1, 0.15) is 5.82 Å². The van der Waals surface area contributed by atoms with Crippen molar-refractivity contribution in [1.29, 1.82) is 0 Å². The van der Waals surface area contributed by atoms with E-state index in [1.54, 1.807) is 12.1 Å². The molecule has 1 aromatic carbocycles. The Balaban J connectivity index is 1.21. The summed E-state index contributed by atoms with van der Waals surface area (Å²) < 4.78 is 18.9. The maximum Gasteiger partial charge on any atom is 0.223 e. The van der Waals surface area contributed by atoms with E-state index in [4.69, 9.17) is 4.74 Å². The van der Waals surface area contributed by atoms with Gasteiger partial charge >= 0.3 is 0 Å². The summed E-state index contributed by atoms with van der Waals surface area (Å²) in [5.41, 5.74) is 1.11. The summed E-state index contributed by atoms with van der Waals surface area (Å²) in [6, 6.07) is 6.47. The molecule has 0 heterocycles. The molecule has 1 N–H and O–H groups in total. The molecule has 0 spiro atoms. The summed E-state index contributed by atoms with van der Waals surface area (Å²) in [6.45, 7) is 6.83. The highest BCUT2D eigenvalue weighted by Gasteiger charge is 2.58. The van der Waals surface area contributed by atoms with E-state index in [1.165, 1.54) is 63.5 Å². The molecule has 3 nitrogen and oxygen atoms in total. The SMILES string of the molecule is CCOCC1CC[C@H]2C(CC[C@@H]3C2CC[C@@]2(C)C3CC[C@@H]2C(=O)NCc2ccc(F)cc2)C1. The minimum Gasteiger partial charge on any atom is -0.381 e. The number of hydrogen-bond acceptors (Lipinski definition) is 2. The second kappa shape index (κ2) is 9.68. The predicted molar refractivity (Wildman–Crippen MR) is 129 cm³/mol. The third-order valence-electron chi connectivity index (χ3n) is 10.3. The number of rotatable bonds is 6. The Hall–Kier alpha value is -1.42. The molecule has 1 amide bonds. The molecule has 4 heteroatoms. The fourth-order valence-corrected chi connectivity index (χ4v) is 8.73. The van der Waals surface area contributed by atoms with Gasteiger partial charge < -0.3 is 10.1 Å². The van der Waals surface area contributed by atoms with Crippen molar-refractivity contribution in [3.05, 3.63) is 35.6 Å². The number of hydrogen-bond donors (Lipinski definition) is 1. The molecule has 1 aromatic rings. The first kappa shape index (κ1) is 23.3. The summed E-state index contributed by atoms with van der Waals surface area (Å²) in [5, 5.41) is 3.18. The van der Waals surface area contributed by atoms with Crippen molar-refractivity contribution >= 4 is 5.91 Å². The molecule has 0 radical (unpaired) electrons. The molecule has 5 rings (SSSR count). The molecular formula is C29H42FNO2. The average molecular weight is 456 g/mol. The maximum absolute atomic E-state index is 13.3. The van der Waals surface area contributed by atoms with E-state index < -0.39 is 0 Å². The molecule has 0 aromatic heterocycles. The Morgan fingerprint density at radius 1 is 1.03 bits per heavy atom. The van der Waals surface area contributed by atoms with Gasteiger partial charge in [0.2, 0.25) is 5.91 Å². The number of carbonyl (C=O) groups is 1. The van der Waals surface area contributed by atoms with Gasteiger partial charge in [0.05, 0.1) is 0 Å². The quantitative estimate of drug-likeness (QED) is 0.542. The van der Waals surface area contributed by atoms with Gasteiger partial charge in [0.15, 0.2) is 0 Å². The largest absolute Gasteiger partial charge is 0.381 e. The van der Waals surface area contributed by atoms with Gasteiger partial charge in [-0.05, 0) is 123 Å². The van der Waals surface area contributed by atoms with Crippen LogP contribution in [-0.4, -0.2) is 19.1 Å². The Bertz CT molecular complexity index is 825. The van der Waals surface area contributed by atoms with Crippen molar-refractivity contribution in [2.24, 2.45) is 46.8 Å². The number of benzene rings is 1. The smallest absolute Gasteiger partial charge is 0.223 e. The first-order chi connectivity index (χ1) is 16.0. The fourth-order valence-electron chi connectivity index (χ4n) is 8.73. The normalized spacial score (nSPS) is 39.9. The van der Waals surface area contributed by atoms with Crippen LogP contribution in [0.5, 0.6) is 0 Å². The Kier molecular flexibility index (Phi) is 6.84. The molecular weight excluding hydrogens is 413 g/mol. The van der Waals surface area contributed by atoms with Crippen molar-refractivity contribution in [3.8, 4) is 0 Å². The summed E-state index contributed by atoms with van der Waals surface area (Å²) in [5.74, 6) is 5.13. The first-order valence-electron chi connectivity index (χ1n) is 13.6. The van der Waals surface area contributed by atoms with Crippen LogP contribution in [0.25, 0.3) is 0 Å². The van der Waals surface area contributed by atoms with Crippen LogP contribution in [-0.2, 0) is 16.1 Å². The number of halogens is 1. The number of carbonyl (C=O) groups excluding carboxylic acids is 1. The fraction of sp³-hybridized carbons (Fsp3) is 0.759. The molecule has 4 saturated carbocycles. The van der Waals surface area contributed by atoms with E-state index in [2.05, 4.69) is 19.2 Å². The van der Waals surface area contributed by atoms with Gasteiger partial charge in [-0.15, -0.1) is 0 Å². The van der Waals surface area contributed by atoms with Crippen LogP contribution in [0.4, 0.5) is 4.39 Å². The number of fused-ring (bicyclic) bond motifs is 5. The lowest BCUT2D eigenvalue weighted by molar-refractivity contribution is -0.133. The minimum absolute atomic E-state index is 0.128. The topological polar surface area (TPSA) is 38.3 Å². The molecule has 4 aliphatic carbocycles. The van der Waals surface area contributed by atoms with Gasteiger partial charge in [-0.25, -0.2) is 4.39 Å². The minimum atomic E-state index is -0.231. The molecule has 0 bridgehead atoms. The van der Waals surface area contributed by atoms with Crippen LogP contribution in [0, 0.1) is 52.7 Å². The van der Waals surface area contributed by atoms with E-state index >= 15 is 0 Å². The molecule has 0 saturated heterocycles. The molecule has 4 unspecified atom stereocenters. The van der Waals surface area contributed by atoms with Crippen molar-refractivity contribution < 1.29 is 13.9 Å². The molecule has 4 aliphatic rings. The highest BCUT2D eigenvalue weighted by molar-refractivity contribution is 5.80. The standard InChI is InChI=1S/C29H42FNO2/c1-3-33-18-20-6-10-23-21(16-20)7-11-25-24(23)14-15-29(2)26(25)12-13-27(29)28(32)31-17-19-4-8-22(30)9-5-19/h4-5,8-9,20-21,23-27H,3,6-7,10-18H2,1-2H3,(H,31,32)/t20?,21?,23-,24?,25+,26?,27+,29-/m0/s1. The number of amides is 1. The monoisotopic (exact) mass is 455 g/mol. The van der Waals surface area contributed by atoms with E-state index in [-0.39, 0.29) is 23.1 Å². The molecule has 8 atom stereocenters. The van der Waals surface area contributed by atoms with Crippen molar-refractivity contribution in [3.63, 3.8) is 0 Å². The van der Waals surface area contributed by atoms with Crippen LogP contribution in [0.1, 0.15) is 77.2 Å². The molecule has 182 valence electrons. The third-order valence-corrected chi connectivity index (χ3v) is 10.3. The van der Waals surface area contributed by atoms with Gasteiger partial charge in [-0.3, -0.25) is 4.79 Å². The van der Waals surface area contributed by atoms with Crippen molar-refractivity contribution in [2.45, 2.75) is 78.2 Å². The van der Waals surface area contributed by atoms with E-state index in [0.29, 0.717) is 12.5 Å². The van der Waals surface area contributed by atoms with Crippen LogP contribution in [0.2, 0.25) is 0 Å². The predicted octanol–water partition coefficient (Wildman–Crippen LogP) is 6.36.